The summed E-state index contributed by atoms with van der Waals surface area (Å²) in [6.07, 6.45) is 1.55. The molecule has 1 amide bonds. The first-order chi connectivity index (χ1) is 11.5. The molecule has 0 fully saturated rings. The number of rotatable bonds is 4. The van der Waals surface area contributed by atoms with E-state index in [1.807, 2.05) is 12.1 Å². The van der Waals surface area contributed by atoms with Crippen LogP contribution in [-0.2, 0) is 4.79 Å². The highest BCUT2D eigenvalue weighted by Gasteiger charge is 2.13. The molecule has 0 bridgehead atoms. The lowest BCUT2D eigenvalue weighted by Gasteiger charge is -2.12. The number of hydrogen-bond donors (Lipinski definition) is 2. The lowest BCUT2D eigenvalue weighted by Crippen LogP contribution is -2.07. The van der Waals surface area contributed by atoms with Gasteiger partial charge in [-0.2, -0.15) is 0 Å². The molecule has 0 atom stereocenters. The van der Waals surface area contributed by atoms with Crippen LogP contribution in [0.15, 0.2) is 24.5 Å². The number of ether oxygens (including phenoxy) is 1. The van der Waals surface area contributed by atoms with Gasteiger partial charge in [0.15, 0.2) is 0 Å². The number of aromatic nitrogens is 2. The number of nitrogens with one attached hydrogen (secondary N) is 2. The zero-order valence-electron chi connectivity index (χ0n) is 13.9. The first kappa shape index (κ1) is 16.2. The molecule has 0 saturated heterocycles. The predicted molar refractivity (Wildman–Crippen MR) is 97.5 cm³/mol. The average molecular weight is 342 g/mol. The third-order valence-corrected chi connectivity index (χ3v) is 4.85. The van der Waals surface area contributed by atoms with Gasteiger partial charge in [-0.1, -0.05) is 0 Å². The molecular weight excluding hydrogens is 324 g/mol. The summed E-state index contributed by atoms with van der Waals surface area (Å²) in [5.41, 5.74) is 2.59. The minimum Gasteiger partial charge on any atom is -0.495 e. The minimum absolute atomic E-state index is 0.154. The van der Waals surface area contributed by atoms with Crippen molar-refractivity contribution in [2.24, 2.45) is 0 Å². The largest absolute Gasteiger partial charge is 0.495 e. The molecule has 3 rings (SSSR count). The molecule has 0 aliphatic rings. The summed E-state index contributed by atoms with van der Waals surface area (Å²) in [5, 5.41) is 7.11. The van der Waals surface area contributed by atoms with Crippen molar-refractivity contribution in [3.8, 4) is 5.75 Å². The molecule has 0 aliphatic heterocycles. The molecule has 24 heavy (non-hydrogen) atoms. The zero-order chi connectivity index (χ0) is 17.3. The maximum atomic E-state index is 11.4. The number of carbonyl (C=O) groups excluding carboxylic acids is 1. The van der Waals surface area contributed by atoms with Crippen molar-refractivity contribution in [1.29, 1.82) is 0 Å². The maximum Gasteiger partial charge on any atom is 0.221 e. The van der Waals surface area contributed by atoms with Crippen LogP contribution in [0, 0.1) is 13.8 Å². The Hall–Kier alpha value is -2.67. The molecule has 7 heteroatoms. The van der Waals surface area contributed by atoms with E-state index in [0.717, 1.165) is 21.7 Å². The fourth-order valence-corrected chi connectivity index (χ4v) is 3.48. The highest BCUT2D eigenvalue weighted by Crippen LogP contribution is 2.35. The number of thiophene rings is 1. The van der Waals surface area contributed by atoms with Crippen molar-refractivity contribution < 1.29 is 9.53 Å². The topological polar surface area (TPSA) is 76.1 Å². The summed E-state index contributed by atoms with van der Waals surface area (Å²) >= 11 is 1.65. The normalized spacial score (nSPS) is 10.7. The highest BCUT2D eigenvalue weighted by molar-refractivity contribution is 7.18. The quantitative estimate of drug-likeness (QED) is 0.749. The second-order valence-electron chi connectivity index (χ2n) is 5.41. The molecule has 0 unspecified atom stereocenters. The molecule has 3 aromatic rings. The van der Waals surface area contributed by atoms with E-state index in [1.165, 1.54) is 17.4 Å². The third-order valence-electron chi connectivity index (χ3n) is 3.74. The number of benzene rings is 1. The molecule has 0 aliphatic carbocycles. The van der Waals surface area contributed by atoms with Crippen molar-refractivity contribution in [2.75, 3.05) is 17.7 Å². The van der Waals surface area contributed by atoms with E-state index in [9.17, 15) is 4.79 Å². The Balaban J connectivity index is 2.01. The summed E-state index contributed by atoms with van der Waals surface area (Å²) in [7, 11) is 1.57. The number of carbonyl (C=O) groups is 1. The smallest absolute Gasteiger partial charge is 0.221 e. The molecule has 0 saturated carbocycles. The zero-order valence-corrected chi connectivity index (χ0v) is 14.7. The second kappa shape index (κ2) is 6.45. The van der Waals surface area contributed by atoms with Gasteiger partial charge in [0.25, 0.3) is 0 Å². The van der Waals surface area contributed by atoms with Crippen LogP contribution in [0.2, 0.25) is 0 Å². The molecule has 2 aromatic heterocycles. The van der Waals surface area contributed by atoms with Crippen LogP contribution in [0.3, 0.4) is 0 Å². The summed E-state index contributed by atoms with van der Waals surface area (Å²) in [6, 6.07) is 5.51. The predicted octanol–water partition coefficient (Wildman–Crippen LogP) is 4.02. The van der Waals surface area contributed by atoms with E-state index in [2.05, 4.69) is 34.4 Å². The lowest BCUT2D eigenvalue weighted by molar-refractivity contribution is -0.114. The SMILES string of the molecule is COc1ccc(Nc2ncnc3sc(C)c(C)c23)cc1NC(C)=O. The molecule has 2 heterocycles. The van der Waals surface area contributed by atoms with Gasteiger partial charge in [-0.25, -0.2) is 9.97 Å². The van der Waals surface area contributed by atoms with Crippen molar-refractivity contribution in [2.45, 2.75) is 20.8 Å². The fraction of sp³-hybridized carbons (Fsp3) is 0.235. The van der Waals surface area contributed by atoms with Crippen LogP contribution < -0.4 is 15.4 Å². The Morgan fingerprint density at radius 3 is 2.75 bits per heavy atom. The Morgan fingerprint density at radius 2 is 2.04 bits per heavy atom. The Bertz CT molecular complexity index is 920. The molecule has 0 spiro atoms. The van der Waals surface area contributed by atoms with Crippen LogP contribution in [0.1, 0.15) is 17.4 Å². The van der Waals surface area contributed by atoms with Crippen LogP contribution in [0.5, 0.6) is 5.75 Å². The van der Waals surface area contributed by atoms with Crippen molar-refractivity contribution in [1.82, 2.24) is 9.97 Å². The van der Waals surface area contributed by atoms with Gasteiger partial charge < -0.3 is 15.4 Å². The summed E-state index contributed by atoms with van der Waals surface area (Å²) in [5.74, 6) is 1.20. The van der Waals surface area contributed by atoms with Crippen LogP contribution in [0.25, 0.3) is 10.2 Å². The van der Waals surface area contributed by atoms with Crippen LogP contribution in [-0.4, -0.2) is 23.0 Å². The van der Waals surface area contributed by atoms with E-state index in [0.29, 0.717) is 11.4 Å². The van der Waals surface area contributed by atoms with E-state index in [1.54, 1.807) is 30.8 Å². The summed E-state index contributed by atoms with van der Waals surface area (Å²) < 4.78 is 5.28. The van der Waals surface area contributed by atoms with E-state index in [-0.39, 0.29) is 5.91 Å². The molecule has 2 N–H and O–H groups in total. The third kappa shape index (κ3) is 3.03. The van der Waals surface area contributed by atoms with E-state index < -0.39 is 0 Å². The first-order valence-corrected chi connectivity index (χ1v) is 8.24. The second-order valence-corrected chi connectivity index (χ2v) is 6.61. The number of fused-ring (bicyclic) bond motifs is 1. The number of aryl methyl sites for hydroxylation is 2. The Morgan fingerprint density at radius 1 is 1.25 bits per heavy atom. The Labute approximate surface area is 143 Å². The summed E-state index contributed by atoms with van der Waals surface area (Å²) in [4.78, 5) is 22.3. The number of amides is 1. The van der Waals surface area contributed by atoms with Crippen molar-refractivity contribution >= 4 is 44.7 Å². The lowest BCUT2D eigenvalue weighted by atomic mass is 10.2. The van der Waals surface area contributed by atoms with Gasteiger partial charge in [0.2, 0.25) is 5.91 Å². The Kier molecular flexibility index (Phi) is 4.35. The highest BCUT2D eigenvalue weighted by atomic mass is 32.1. The minimum atomic E-state index is -0.154. The number of hydrogen-bond acceptors (Lipinski definition) is 6. The standard InChI is InChI=1S/C17H18N4O2S/c1-9-10(2)24-17-15(9)16(18-8-19-17)21-12-5-6-14(23-4)13(7-12)20-11(3)22/h5-8H,1-4H3,(H,20,22)(H,18,19,21). The van der Waals surface area contributed by atoms with E-state index >= 15 is 0 Å². The van der Waals surface area contributed by atoms with Gasteiger partial charge in [0.1, 0.15) is 22.7 Å². The molecule has 6 nitrogen and oxygen atoms in total. The molecular formula is C17H18N4O2S. The molecule has 0 radical (unpaired) electrons. The number of anilines is 3. The van der Waals surface area contributed by atoms with Crippen molar-refractivity contribution in [3.05, 3.63) is 35.0 Å². The van der Waals surface area contributed by atoms with Crippen molar-refractivity contribution in [3.63, 3.8) is 0 Å². The van der Waals surface area contributed by atoms with Gasteiger partial charge in [0.05, 0.1) is 18.2 Å². The fourth-order valence-electron chi connectivity index (χ4n) is 2.49. The van der Waals surface area contributed by atoms with Gasteiger partial charge in [-0.3, -0.25) is 4.79 Å². The van der Waals surface area contributed by atoms with Gasteiger partial charge in [-0.05, 0) is 37.6 Å². The summed E-state index contributed by atoms with van der Waals surface area (Å²) in [6.45, 7) is 5.61. The van der Waals surface area contributed by atoms with Gasteiger partial charge in [-0.15, -0.1) is 11.3 Å². The maximum absolute atomic E-state index is 11.4. The average Bonchev–Trinajstić information content (AvgIpc) is 2.83. The number of nitrogens with zero attached hydrogens (tertiary/aromatic N) is 2. The molecule has 124 valence electrons. The van der Waals surface area contributed by atoms with Gasteiger partial charge in [0, 0.05) is 17.5 Å². The van der Waals surface area contributed by atoms with Gasteiger partial charge >= 0.3 is 0 Å². The monoisotopic (exact) mass is 342 g/mol. The van der Waals surface area contributed by atoms with E-state index in [4.69, 9.17) is 4.74 Å². The first-order valence-electron chi connectivity index (χ1n) is 7.43. The number of methoxy groups -OCH3 is 1. The van der Waals surface area contributed by atoms with Crippen LogP contribution in [0.4, 0.5) is 17.2 Å². The molecule has 1 aromatic carbocycles. The van der Waals surface area contributed by atoms with Crippen LogP contribution >= 0.6 is 11.3 Å².